The van der Waals surface area contributed by atoms with Gasteiger partial charge in [0.1, 0.15) is 5.75 Å². The van der Waals surface area contributed by atoms with E-state index in [2.05, 4.69) is 4.98 Å². The van der Waals surface area contributed by atoms with Gasteiger partial charge in [0.2, 0.25) is 0 Å². The molecule has 1 aliphatic heterocycles. The quantitative estimate of drug-likeness (QED) is 0.310. The lowest BCUT2D eigenvalue weighted by atomic mass is 10.1. The van der Waals surface area contributed by atoms with E-state index in [-0.39, 0.29) is 35.0 Å². The van der Waals surface area contributed by atoms with Crippen LogP contribution in [0.5, 0.6) is 5.75 Å². The maximum atomic E-state index is 14.0. The van der Waals surface area contributed by atoms with Crippen molar-refractivity contribution in [1.29, 1.82) is 0 Å². The van der Waals surface area contributed by atoms with E-state index >= 15 is 0 Å². The van der Waals surface area contributed by atoms with Gasteiger partial charge in [0.15, 0.2) is 0 Å². The molecule has 0 aliphatic carbocycles. The number of halogens is 3. The molecule has 2 heterocycles. The van der Waals surface area contributed by atoms with Crippen molar-refractivity contribution in [2.45, 2.75) is 13.1 Å². The first-order chi connectivity index (χ1) is 18.2. The van der Waals surface area contributed by atoms with E-state index in [0.717, 1.165) is 21.9 Å². The summed E-state index contributed by atoms with van der Waals surface area (Å²) in [6.07, 6.45) is -1.52. The molecule has 0 saturated heterocycles. The zero-order valence-electron chi connectivity index (χ0n) is 20.1. The van der Waals surface area contributed by atoms with Gasteiger partial charge in [-0.2, -0.15) is 13.2 Å². The van der Waals surface area contributed by atoms with Gasteiger partial charge >= 0.3 is 18.2 Å². The van der Waals surface area contributed by atoms with Crippen molar-refractivity contribution >= 4 is 34.8 Å². The molecule has 7 nitrogen and oxygen atoms in total. The third-order valence-electron chi connectivity index (χ3n) is 6.18. The molecule has 0 spiro atoms. The predicted octanol–water partition coefficient (Wildman–Crippen LogP) is 7.20. The molecule has 4 aromatic rings. The second-order valence-corrected chi connectivity index (χ2v) is 8.46. The molecule has 0 atom stereocenters. The summed E-state index contributed by atoms with van der Waals surface area (Å²) in [4.78, 5) is 35.0. The van der Waals surface area contributed by atoms with Crippen molar-refractivity contribution in [3.8, 4) is 16.9 Å². The van der Waals surface area contributed by atoms with Crippen LogP contribution in [-0.2, 0) is 6.18 Å². The van der Waals surface area contributed by atoms with Crippen molar-refractivity contribution in [3.05, 3.63) is 96.8 Å². The Hall–Kier alpha value is -4.86. The minimum Gasteiger partial charge on any atom is -0.507 e. The number of anilines is 4. The van der Waals surface area contributed by atoms with Crippen molar-refractivity contribution in [1.82, 2.24) is 4.98 Å². The molecule has 4 amide bonds. The van der Waals surface area contributed by atoms with Crippen LogP contribution in [0, 0.1) is 0 Å². The van der Waals surface area contributed by atoms with Crippen LogP contribution >= 0.6 is 0 Å². The molecular weight excluding hydrogens is 497 g/mol. The van der Waals surface area contributed by atoms with Crippen molar-refractivity contribution in [3.63, 3.8) is 0 Å². The molecule has 10 heteroatoms. The van der Waals surface area contributed by atoms with Crippen molar-refractivity contribution in [2.75, 3.05) is 21.2 Å². The molecule has 38 heavy (non-hydrogen) atoms. The number of phenolic OH excluding ortho intramolecular Hbond substituents is 1. The number of amides is 4. The van der Waals surface area contributed by atoms with Gasteiger partial charge in [-0.25, -0.2) is 14.5 Å². The first-order valence-corrected chi connectivity index (χ1v) is 11.7. The Balaban J connectivity index is 1.70. The molecule has 0 unspecified atom stereocenters. The molecule has 0 fully saturated rings. The average Bonchev–Trinajstić information content (AvgIpc) is 2.99. The molecule has 5 rings (SSSR count). The first kappa shape index (κ1) is 24.8. The zero-order chi connectivity index (χ0) is 27.0. The summed E-state index contributed by atoms with van der Waals surface area (Å²) in [5.74, 6) is -0.202. The Labute approximate surface area is 216 Å². The highest BCUT2D eigenvalue weighted by Gasteiger charge is 2.41. The monoisotopic (exact) mass is 518 g/mol. The average molecular weight is 518 g/mol. The molecule has 0 radical (unpaired) electrons. The number of urea groups is 2. The van der Waals surface area contributed by atoms with E-state index in [9.17, 15) is 27.9 Å². The number of phenols is 1. The molecule has 1 aromatic heterocycles. The van der Waals surface area contributed by atoms with Gasteiger partial charge in [0.25, 0.3) is 0 Å². The minimum atomic E-state index is -4.67. The SMILES string of the molecule is CCN1C(=O)N(c2ccc(-c3cccnc3)c(O)c2)C(=O)N(c2ccccc2)c2cc(C(F)(F)F)ccc21. The Morgan fingerprint density at radius 1 is 0.816 bits per heavy atom. The maximum Gasteiger partial charge on any atom is 0.416 e. The number of benzene rings is 3. The number of alkyl halides is 3. The Morgan fingerprint density at radius 2 is 1.58 bits per heavy atom. The Bertz CT molecular complexity index is 1510. The van der Waals surface area contributed by atoms with Gasteiger partial charge in [0, 0.05) is 36.1 Å². The number of imide groups is 1. The number of hydrogen-bond acceptors (Lipinski definition) is 4. The first-order valence-electron chi connectivity index (χ1n) is 11.7. The van der Waals surface area contributed by atoms with Gasteiger partial charge in [-0.3, -0.25) is 14.8 Å². The lowest BCUT2D eigenvalue weighted by Crippen LogP contribution is -2.48. The van der Waals surface area contributed by atoms with Crippen LogP contribution in [0.3, 0.4) is 0 Å². The topological polar surface area (TPSA) is 77.0 Å². The third kappa shape index (κ3) is 4.30. The molecule has 3 aromatic carbocycles. The van der Waals surface area contributed by atoms with Gasteiger partial charge in [-0.05, 0) is 55.5 Å². The highest BCUT2D eigenvalue weighted by atomic mass is 19.4. The summed E-state index contributed by atoms with van der Waals surface area (Å²) in [6.45, 7) is 1.73. The summed E-state index contributed by atoms with van der Waals surface area (Å²) < 4.78 is 41.0. The second kappa shape index (κ2) is 9.55. The predicted molar refractivity (Wildman–Crippen MR) is 138 cm³/mol. The largest absolute Gasteiger partial charge is 0.507 e. The summed E-state index contributed by atoms with van der Waals surface area (Å²) in [7, 11) is 0. The van der Waals surface area contributed by atoms with Gasteiger partial charge in [-0.1, -0.05) is 24.3 Å². The fraction of sp³-hybridized carbons (Fsp3) is 0.107. The molecule has 0 bridgehead atoms. The zero-order valence-corrected chi connectivity index (χ0v) is 20.1. The standard InChI is InChI=1S/C28H21F3N4O3/c1-2-33-23-13-10-19(28(29,30)31)15-24(23)34(20-8-4-3-5-9-20)27(38)35(26(33)37)21-11-12-22(25(36)16-21)18-7-6-14-32-17-18/h3-17,36H,2H2,1H3. The van der Waals surface area contributed by atoms with E-state index in [1.54, 1.807) is 67.8 Å². The van der Waals surface area contributed by atoms with Crippen LogP contribution in [0.1, 0.15) is 12.5 Å². The number of pyridine rings is 1. The van der Waals surface area contributed by atoms with Gasteiger partial charge in [0.05, 0.1) is 28.3 Å². The third-order valence-corrected chi connectivity index (χ3v) is 6.18. The molecule has 0 saturated carbocycles. The normalized spacial score (nSPS) is 13.9. The van der Waals surface area contributed by atoms with E-state index in [1.807, 2.05) is 0 Å². The Kier molecular flexibility index (Phi) is 6.23. The number of hydrogen-bond donors (Lipinski definition) is 1. The number of aromatic nitrogens is 1. The highest BCUT2D eigenvalue weighted by molar-refractivity contribution is 6.28. The highest BCUT2D eigenvalue weighted by Crippen LogP contribution is 2.44. The Morgan fingerprint density at radius 3 is 2.21 bits per heavy atom. The van der Waals surface area contributed by atoms with Crippen LogP contribution in [0.2, 0.25) is 0 Å². The van der Waals surface area contributed by atoms with E-state index in [0.29, 0.717) is 11.1 Å². The number of aromatic hydroxyl groups is 1. The number of carbonyl (C=O) groups excluding carboxylic acids is 2. The summed E-state index contributed by atoms with van der Waals surface area (Å²) in [5, 5.41) is 10.8. The number of para-hydroxylation sites is 1. The lowest BCUT2D eigenvalue weighted by molar-refractivity contribution is -0.137. The maximum absolute atomic E-state index is 14.0. The van der Waals surface area contributed by atoms with Crippen molar-refractivity contribution < 1.29 is 27.9 Å². The summed E-state index contributed by atoms with van der Waals surface area (Å²) in [5.41, 5.74) is 0.463. The molecular formula is C28H21F3N4O3. The van der Waals surface area contributed by atoms with E-state index in [4.69, 9.17) is 0 Å². The lowest BCUT2D eigenvalue weighted by Gasteiger charge is -2.27. The van der Waals surface area contributed by atoms with Crippen LogP contribution in [0.15, 0.2) is 91.3 Å². The number of nitrogens with zero attached hydrogens (tertiary/aromatic N) is 4. The smallest absolute Gasteiger partial charge is 0.416 e. The van der Waals surface area contributed by atoms with E-state index in [1.165, 1.54) is 23.1 Å². The second-order valence-electron chi connectivity index (χ2n) is 8.46. The molecule has 1 aliphatic rings. The van der Waals surface area contributed by atoms with Gasteiger partial charge < -0.3 is 5.11 Å². The summed E-state index contributed by atoms with van der Waals surface area (Å²) >= 11 is 0. The van der Waals surface area contributed by atoms with Crippen LogP contribution < -0.4 is 14.7 Å². The minimum absolute atomic E-state index is 0.0494. The van der Waals surface area contributed by atoms with Crippen LogP contribution in [0.4, 0.5) is 45.5 Å². The van der Waals surface area contributed by atoms with Crippen molar-refractivity contribution in [2.24, 2.45) is 0 Å². The van der Waals surface area contributed by atoms with Gasteiger partial charge in [-0.15, -0.1) is 0 Å². The fourth-order valence-electron chi connectivity index (χ4n) is 4.39. The number of carbonyl (C=O) groups is 2. The molecule has 192 valence electrons. The van der Waals surface area contributed by atoms with Crippen LogP contribution in [0.25, 0.3) is 11.1 Å². The summed E-state index contributed by atoms with van der Waals surface area (Å²) in [6, 6.07) is 17.1. The van der Waals surface area contributed by atoms with E-state index < -0.39 is 23.8 Å². The number of rotatable bonds is 4. The molecule has 1 N–H and O–H groups in total. The fourth-order valence-corrected chi connectivity index (χ4v) is 4.39. The number of fused-ring (bicyclic) bond motifs is 1. The van der Waals surface area contributed by atoms with Crippen LogP contribution in [-0.4, -0.2) is 28.7 Å².